The van der Waals surface area contributed by atoms with Gasteiger partial charge in [-0.25, -0.2) is 0 Å². The molecule has 0 bridgehead atoms. The third-order valence-corrected chi connectivity index (χ3v) is 3.53. The van der Waals surface area contributed by atoms with E-state index in [0.717, 1.165) is 6.42 Å². The van der Waals surface area contributed by atoms with Crippen molar-refractivity contribution in [1.82, 2.24) is 0 Å². The molecule has 4 heteroatoms. The lowest BCUT2D eigenvalue weighted by Crippen LogP contribution is -2.26. The van der Waals surface area contributed by atoms with Crippen LogP contribution in [-0.4, -0.2) is 18.3 Å². The largest absolute Gasteiger partial charge is 0.385 e. The van der Waals surface area contributed by atoms with E-state index < -0.39 is 5.60 Å². The summed E-state index contributed by atoms with van der Waals surface area (Å²) < 4.78 is 5.35. The fraction of sp³-hybridized carbons (Fsp3) is 0.500. The number of ether oxygens (including phenoxy) is 1. The number of hydrogen-bond donors (Lipinski definition) is 1. The first kappa shape index (κ1) is 12.2. The Bertz CT molecular complexity index is 371. The van der Waals surface area contributed by atoms with Crippen molar-refractivity contribution < 1.29 is 9.84 Å². The van der Waals surface area contributed by atoms with Gasteiger partial charge in [0.25, 0.3) is 0 Å². The minimum atomic E-state index is -0.904. The Morgan fingerprint density at radius 3 is 2.81 bits per heavy atom. The van der Waals surface area contributed by atoms with Gasteiger partial charge in [-0.05, 0) is 31.0 Å². The van der Waals surface area contributed by atoms with E-state index in [0.29, 0.717) is 41.7 Å². The molecule has 1 saturated heterocycles. The molecule has 0 aliphatic carbocycles. The van der Waals surface area contributed by atoms with Crippen LogP contribution in [0.3, 0.4) is 0 Å². The molecule has 0 radical (unpaired) electrons. The highest BCUT2D eigenvalue weighted by molar-refractivity contribution is 6.33. The summed E-state index contributed by atoms with van der Waals surface area (Å²) in [7, 11) is 0. The number of hydrogen-bond acceptors (Lipinski definition) is 2. The van der Waals surface area contributed by atoms with Gasteiger partial charge in [0.1, 0.15) is 0 Å². The van der Waals surface area contributed by atoms with Gasteiger partial charge >= 0.3 is 0 Å². The SMILES string of the molecule is OC1(c2cc(Cl)ccc2Cl)CCCOCC1. The van der Waals surface area contributed by atoms with Crippen LogP contribution in [0, 0.1) is 0 Å². The molecular weight excluding hydrogens is 247 g/mol. The molecule has 1 aromatic carbocycles. The van der Waals surface area contributed by atoms with Crippen LogP contribution in [0.25, 0.3) is 0 Å². The Morgan fingerprint density at radius 2 is 2.00 bits per heavy atom. The second-order valence-electron chi connectivity index (χ2n) is 4.12. The van der Waals surface area contributed by atoms with Crippen molar-refractivity contribution >= 4 is 23.2 Å². The van der Waals surface area contributed by atoms with Crippen molar-refractivity contribution in [3.63, 3.8) is 0 Å². The van der Waals surface area contributed by atoms with Gasteiger partial charge in [-0.15, -0.1) is 0 Å². The summed E-state index contributed by atoms with van der Waals surface area (Å²) >= 11 is 12.1. The lowest BCUT2D eigenvalue weighted by molar-refractivity contribution is 0.0145. The molecule has 0 spiro atoms. The van der Waals surface area contributed by atoms with Gasteiger partial charge in [0.05, 0.1) is 5.60 Å². The fourth-order valence-corrected chi connectivity index (χ4v) is 2.52. The van der Waals surface area contributed by atoms with E-state index in [1.54, 1.807) is 18.2 Å². The summed E-state index contributed by atoms with van der Waals surface area (Å²) in [5.41, 5.74) is -0.189. The number of halogens is 2. The quantitative estimate of drug-likeness (QED) is 0.839. The van der Waals surface area contributed by atoms with E-state index in [4.69, 9.17) is 27.9 Å². The summed E-state index contributed by atoms with van der Waals surface area (Å²) in [5, 5.41) is 11.8. The van der Waals surface area contributed by atoms with Gasteiger partial charge < -0.3 is 9.84 Å². The third kappa shape index (κ3) is 2.51. The fourth-order valence-electron chi connectivity index (χ4n) is 2.06. The Kier molecular flexibility index (Phi) is 3.75. The van der Waals surface area contributed by atoms with Crippen molar-refractivity contribution in [2.75, 3.05) is 13.2 Å². The maximum Gasteiger partial charge on any atom is 0.0934 e. The van der Waals surface area contributed by atoms with Crippen LogP contribution in [0.2, 0.25) is 10.0 Å². The first-order valence-corrected chi connectivity index (χ1v) is 6.13. The van der Waals surface area contributed by atoms with Gasteiger partial charge in [-0.1, -0.05) is 23.2 Å². The van der Waals surface area contributed by atoms with E-state index in [1.165, 1.54) is 0 Å². The molecule has 88 valence electrons. The molecule has 1 unspecified atom stereocenters. The molecule has 0 aromatic heterocycles. The lowest BCUT2D eigenvalue weighted by Gasteiger charge is -2.27. The number of benzene rings is 1. The molecule has 0 saturated carbocycles. The van der Waals surface area contributed by atoms with Gasteiger partial charge in [-0.3, -0.25) is 0 Å². The summed E-state index contributed by atoms with van der Waals surface area (Å²) in [4.78, 5) is 0. The maximum absolute atomic E-state index is 10.6. The van der Waals surface area contributed by atoms with E-state index in [9.17, 15) is 5.11 Å². The Balaban J connectivity index is 2.36. The Morgan fingerprint density at radius 1 is 1.19 bits per heavy atom. The van der Waals surface area contributed by atoms with Gasteiger partial charge in [0, 0.05) is 35.2 Å². The molecule has 1 atom stereocenters. The molecule has 1 aliphatic rings. The van der Waals surface area contributed by atoms with E-state index in [-0.39, 0.29) is 0 Å². The summed E-state index contributed by atoms with van der Waals surface area (Å²) in [6.45, 7) is 1.25. The number of aliphatic hydroxyl groups is 1. The summed E-state index contributed by atoms with van der Waals surface area (Å²) in [5.74, 6) is 0. The zero-order valence-corrected chi connectivity index (χ0v) is 10.4. The molecule has 1 fully saturated rings. The average molecular weight is 261 g/mol. The van der Waals surface area contributed by atoms with Gasteiger partial charge in [0.15, 0.2) is 0 Å². The Hall–Kier alpha value is -0.280. The van der Waals surface area contributed by atoms with Crippen molar-refractivity contribution in [3.8, 4) is 0 Å². The molecule has 1 N–H and O–H groups in total. The van der Waals surface area contributed by atoms with Crippen LogP contribution < -0.4 is 0 Å². The van der Waals surface area contributed by atoms with Gasteiger partial charge in [-0.2, -0.15) is 0 Å². The average Bonchev–Trinajstić information content (AvgIpc) is 2.48. The maximum atomic E-state index is 10.6. The minimum Gasteiger partial charge on any atom is -0.385 e. The molecule has 1 aliphatic heterocycles. The Labute approximate surface area is 105 Å². The molecular formula is C12H14Cl2O2. The topological polar surface area (TPSA) is 29.5 Å². The van der Waals surface area contributed by atoms with Crippen molar-refractivity contribution in [2.45, 2.75) is 24.9 Å². The third-order valence-electron chi connectivity index (χ3n) is 2.97. The second kappa shape index (κ2) is 4.92. The molecule has 16 heavy (non-hydrogen) atoms. The first-order valence-electron chi connectivity index (χ1n) is 5.37. The molecule has 0 amide bonds. The molecule has 2 nitrogen and oxygen atoms in total. The minimum absolute atomic E-state index is 0.555. The highest BCUT2D eigenvalue weighted by Gasteiger charge is 2.32. The monoisotopic (exact) mass is 260 g/mol. The van der Waals surface area contributed by atoms with Crippen LogP contribution in [0.15, 0.2) is 18.2 Å². The van der Waals surface area contributed by atoms with Gasteiger partial charge in [0.2, 0.25) is 0 Å². The van der Waals surface area contributed by atoms with Crippen LogP contribution in [0.4, 0.5) is 0 Å². The molecule has 1 heterocycles. The summed E-state index contributed by atoms with van der Waals surface area (Å²) in [6, 6.07) is 5.20. The van der Waals surface area contributed by atoms with Crippen LogP contribution in [-0.2, 0) is 10.3 Å². The van der Waals surface area contributed by atoms with Crippen LogP contribution in [0.1, 0.15) is 24.8 Å². The predicted molar refractivity (Wildman–Crippen MR) is 65.0 cm³/mol. The zero-order valence-electron chi connectivity index (χ0n) is 8.88. The lowest BCUT2D eigenvalue weighted by atomic mass is 9.87. The van der Waals surface area contributed by atoms with E-state index in [2.05, 4.69) is 0 Å². The van der Waals surface area contributed by atoms with Crippen LogP contribution >= 0.6 is 23.2 Å². The normalized spacial score (nSPS) is 26.4. The summed E-state index contributed by atoms with van der Waals surface area (Å²) in [6.07, 6.45) is 2.06. The van der Waals surface area contributed by atoms with E-state index >= 15 is 0 Å². The van der Waals surface area contributed by atoms with Crippen molar-refractivity contribution in [3.05, 3.63) is 33.8 Å². The van der Waals surface area contributed by atoms with Crippen molar-refractivity contribution in [1.29, 1.82) is 0 Å². The van der Waals surface area contributed by atoms with Crippen LogP contribution in [0.5, 0.6) is 0 Å². The standard InChI is InChI=1S/C12H14Cl2O2/c13-9-2-3-11(14)10(8-9)12(15)4-1-6-16-7-5-12/h2-3,8,15H,1,4-7H2. The highest BCUT2D eigenvalue weighted by atomic mass is 35.5. The highest BCUT2D eigenvalue weighted by Crippen LogP contribution is 2.37. The predicted octanol–water partition coefficient (Wildman–Crippen LogP) is 3.38. The molecule has 1 aromatic rings. The molecule has 2 rings (SSSR count). The zero-order chi connectivity index (χ0) is 11.6. The smallest absolute Gasteiger partial charge is 0.0934 e. The number of rotatable bonds is 1. The second-order valence-corrected chi connectivity index (χ2v) is 4.97. The van der Waals surface area contributed by atoms with E-state index in [1.807, 2.05) is 0 Å². The first-order chi connectivity index (χ1) is 7.62. The van der Waals surface area contributed by atoms with Crippen molar-refractivity contribution in [2.24, 2.45) is 0 Å².